The zero-order valence-corrected chi connectivity index (χ0v) is 12.6. The largest absolute Gasteiger partial charge is 0.378 e. The number of nitrogens with one attached hydrogen (secondary N) is 2. The van der Waals surface area contributed by atoms with Crippen LogP contribution >= 0.6 is 0 Å². The molecule has 1 aliphatic heterocycles. The molecule has 0 spiro atoms. The summed E-state index contributed by atoms with van der Waals surface area (Å²) in [5.74, 6) is 0.206. The van der Waals surface area contributed by atoms with E-state index in [1.54, 1.807) is 7.11 Å². The van der Waals surface area contributed by atoms with Gasteiger partial charge in [-0.05, 0) is 26.3 Å². The molecule has 1 saturated heterocycles. The van der Waals surface area contributed by atoms with E-state index in [1.165, 1.54) is 0 Å². The minimum absolute atomic E-state index is 0.0899. The molecule has 18 heavy (non-hydrogen) atoms. The summed E-state index contributed by atoms with van der Waals surface area (Å²) >= 11 is 0. The van der Waals surface area contributed by atoms with E-state index in [1.807, 2.05) is 20.9 Å². The molecule has 0 aromatic rings. The van der Waals surface area contributed by atoms with Gasteiger partial charge in [-0.25, -0.2) is 5.01 Å². The van der Waals surface area contributed by atoms with Crippen LogP contribution < -0.4 is 10.7 Å². The number of aliphatic hydroxyl groups is 1. The standard InChI is InChI=1S/C13H29N3O2/c1-12(2)9-16(14-5)7-10(12)11(17)15-8-13(3,4)18-6/h10-11,14-15,17H,7-9H2,1-6H3/t10-,11?/m0/s1. The van der Waals surface area contributed by atoms with E-state index in [0.717, 1.165) is 13.1 Å². The highest BCUT2D eigenvalue weighted by Crippen LogP contribution is 2.35. The minimum atomic E-state index is -0.507. The second-order valence-electron chi connectivity index (χ2n) is 6.49. The van der Waals surface area contributed by atoms with E-state index in [2.05, 4.69) is 29.6 Å². The van der Waals surface area contributed by atoms with E-state index in [-0.39, 0.29) is 16.9 Å². The van der Waals surface area contributed by atoms with Crippen LogP contribution in [-0.2, 0) is 4.74 Å². The van der Waals surface area contributed by atoms with Crippen molar-refractivity contribution in [2.75, 3.05) is 33.8 Å². The molecular weight excluding hydrogens is 230 g/mol. The molecule has 0 aromatic carbocycles. The van der Waals surface area contributed by atoms with Crippen molar-refractivity contribution in [3.8, 4) is 0 Å². The third kappa shape index (κ3) is 3.90. The van der Waals surface area contributed by atoms with Gasteiger partial charge in [0.15, 0.2) is 0 Å². The fourth-order valence-corrected chi connectivity index (χ4v) is 2.42. The van der Waals surface area contributed by atoms with E-state index in [9.17, 15) is 5.11 Å². The van der Waals surface area contributed by atoms with Crippen molar-refractivity contribution in [2.45, 2.75) is 39.5 Å². The number of methoxy groups -OCH3 is 1. The van der Waals surface area contributed by atoms with Crippen molar-refractivity contribution >= 4 is 0 Å². The second-order valence-corrected chi connectivity index (χ2v) is 6.49. The summed E-state index contributed by atoms with van der Waals surface area (Å²) in [6, 6.07) is 0. The first-order valence-corrected chi connectivity index (χ1v) is 6.61. The zero-order valence-electron chi connectivity index (χ0n) is 12.6. The van der Waals surface area contributed by atoms with Gasteiger partial charge in [0, 0.05) is 32.7 Å². The normalized spacial score (nSPS) is 26.5. The van der Waals surface area contributed by atoms with Gasteiger partial charge in [-0.3, -0.25) is 10.7 Å². The van der Waals surface area contributed by atoms with Gasteiger partial charge < -0.3 is 9.84 Å². The molecule has 5 nitrogen and oxygen atoms in total. The van der Waals surface area contributed by atoms with Gasteiger partial charge in [-0.15, -0.1) is 0 Å². The van der Waals surface area contributed by atoms with Gasteiger partial charge >= 0.3 is 0 Å². The zero-order chi connectivity index (χ0) is 14.0. The van der Waals surface area contributed by atoms with E-state index >= 15 is 0 Å². The molecule has 0 amide bonds. The van der Waals surface area contributed by atoms with Crippen molar-refractivity contribution < 1.29 is 9.84 Å². The molecule has 1 heterocycles. The quantitative estimate of drug-likeness (QED) is 0.603. The Balaban J connectivity index is 2.54. The monoisotopic (exact) mass is 259 g/mol. The predicted molar refractivity (Wildman–Crippen MR) is 73.0 cm³/mol. The maximum atomic E-state index is 10.3. The van der Waals surface area contributed by atoms with Crippen molar-refractivity contribution in [2.24, 2.45) is 11.3 Å². The van der Waals surface area contributed by atoms with Gasteiger partial charge in [-0.1, -0.05) is 13.8 Å². The number of nitrogens with zero attached hydrogens (tertiary/aromatic N) is 1. The SMILES string of the molecule is CNN1C[C@@H](C(O)NCC(C)(C)OC)C(C)(C)C1. The third-order valence-electron chi connectivity index (χ3n) is 4.01. The van der Waals surface area contributed by atoms with Crippen LogP contribution in [0.25, 0.3) is 0 Å². The predicted octanol–water partition coefficient (Wildman–Crippen LogP) is 0.412. The highest BCUT2D eigenvalue weighted by molar-refractivity contribution is 4.92. The van der Waals surface area contributed by atoms with E-state index in [4.69, 9.17) is 4.74 Å². The summed E-state index contributed by atoms with van der Waals surface area (Å²) in [5, 5.41) is 15.7. The lowest BCUT2D eigenvalue weighted by Gasteiger charge is -2.32. The van der Waals surface area contributed by atoms with Gasteiger partial charge in [0.25, 0.3) is 0 Å². The summed E-state index contributed by atoms with van der Waals surface area (Å²) in [6.45, 7) is 10.8. The lowest BCUT2D eigenvalue weighted by molar-refractivity contribution is -0.0141. The number of hydrogen-bond acceptors (Lipinski definition) is 5. The Morgan fingerprint density at radius 1 is 1.50 bits per heavy atom. The van der Waals surface area contributed by atoms with Crippen LogP contribution in [0.15, 0.2) is 0 Å². The smallest absolute Gasteiger partial charge is 0.109 e. The summed E-state index contributed by atoms with van der Waals surface area (Å²) in [7, 11) is 3.61. The lowest BCUT2D eigenvalue weighted by atomic mass is 9.81. The molecule has 1 aliphatic rings. The number of hydrazine groups is 1. The highest BCUT2D eigenvalue weighted by atomic mass is 16.5. The molecule has 3 N–H and O–H groups in total. The molecule has 0 radical (unpaired) electrons. The molecule has 0 saturated carbocycles. The van der Waals surface area contributed by atoms with Gasteiger partial charge in [0.05, 0.1) is 5.60 Å². The number of ether oxygens (including phenoxy) is 1. The third-order valence-corrected chi connectivity index (χ3v) is 4.01. The van der Waals surface area contributed by atoms with Crippen LogP contribution in [0.5, 0.6) is 0 Å². The van der Waals surface area contributed by atoms with Crippen LogP contribution in [0.2, 0.25) is 0 Å². The molecule has 1 rings (SSSR count). The van der Waals surface area contributed by atoms with Crippen LogP contribution in [0.4, 0.5) is 0 Å². The van der Waals surface area contributed by atoms with Crippen molar-refractivity contribution in [1.29, 1.82) is 0 Å². The maximum Gasteiger partial charge on any atom is 0.109 e. The van der Waals surface area contributed by atoms with Crippen LogP contribution in [0.3, 0.4) is 0 Å². The fraction of sp³-hybridized carbons (Fsp3) is 1.00. The van der Waals surface area contributed by atoms with Gasteiger partial charge in [0.2, 0.25) is 0 Å². The average Bonchev–Trinajstić information content (AvgIpc) is 2.61. The van der Waals surface area contributed by atoms with Crippen molar-refractivity contribution in [3.05, 3.63) is 0 Å². The molecule has 1 unspecified atom stereocenters. The first kappa shape index (κ1) is 15.9. The molecule has 0 aliphatic carbocycles. The Labute approximate surface area is 111 Å². The van der Waals surface area contributed by atoms with Crippen molar-refractivity contribution in [3.63, 3.8) is 0 Å². The van der Waals surface area contributed by atoms with Crippen LogP contribution in [-0.4, -0.2) is 55.7 Å². The fourth-order valence-electron chi connectivity index (χ4n) is 2.42. The topological polar surface area (TPSA) is 56.8 Å². The Morgan fingerprint density at radius 2 is 2.11 bits per heavy atom. The summed E-state index contributed by atoms with van der Waals surface area (Å²) in [4.78, 5) is 0. The van der Waals surface area contributed by atoms with Crippen molar-refractivity contribution in [1.82, 2.24) is 15.8 Å². The molecule has 1 fully saturated rings. The molecule has 108 valence electrons. The summed E-state index contributed by atoms with van der Waals surface area (Å²) in [5.41, 5.74) is 2.99. The van der Waals surface area contributed by atoms with Gasteiger partial charge in [-0.2, -0.15) is 0 Å². The molecule has 5 heteroatoms. The number of aliphatic hydroxyl groups excluding tert-OH is 1. The first-order valence-electron chi connectivity index (χ1n) is 6.61. The average molecular weight is 259 g/mol. The molecule has 0 bridgehead atoms. The Bertz CT molecular complexity index is 269. The van der Waals surface area contributed by atoms with Crippen LogP contribution in [0, 0.1) is 11.3 Å². The molecular formula is C13H29N3O2. The summed E-state index contributed by atoms with van der Waals surface area (Å²) in [6.07, 6.45) is -0.507. The van der Waals surface area contributed by atoms with Crippen LogP contribution in [0.1, 0.15) is 27.7 Å². The highest BCUT2D eigenvalue weighted by Gasteiger charge is 2.43. The Morgan fingerprint density at radius 3 is 2.56 bits per heavy atom. The summed E-state index contributed by atoms with van der Waals surface area (Å²) < 4.78 is 5.35. The molecule has 2 atom stereocenters. The number of rotatable bonds is 6. The Hall–Kier alpha value is -0.200. The van der Waals surface area contributed by atoms with E-state index < -0.39 is 6.23 Å². The second kappa shape index (κ2) is 5.84. The number of hydrogen-bond donors (Lipinski definition) is 3. The van der Waals surface area contributed by atoms with Gasteiger partial charge in [0.1, 0.15) is 6.23 Å². The lowest BCUT2D eigenvalue weighted by Crippen LogP contribution is -2.48. The Kier molecular flexibility index (Phi) is 5.14. The molecule has 0 aromatic heterocycles. The first-order chi connectivity index (χ1) is 8.22. The van der Waals surface area contributed by atoms with E-state index in [0.29, 0.717) is 6.54 Å². The minimum Gasteiger partial charge on any atom is -0.378 e. The maximum absolute atomic E-state index is 10.3.